The SMILES string of the molecule is OCCN(Cc1ncn(-c2ccccc2)n1)c1ccccc1. The van der Waals surface area contributed by atoms with E-state index in [9.17, 15) is 5.11 Å². The van der Waals surface area contributed by atoms with Crippen molar-refractivity contribution in [2.75, 3.05) is 18.1 Å². The molecular formula is C17H18N4O. The van der Waals surface area contributed by atoms with Crippen LogP contribution in [-0.4, -0.2) is 33.0 Å². The van der Waals surface area contributed by atoms with E-state index in [2.05, 4.69) is 15.0 Å². The predicted molar refractivity (Wildman–Crippen MR) is 85.9 cm³/mol. The topological polar surface area (TPSA) is 54.2 Å². The minimum atomic E-state index is 0.0916. The molecule has 0 bridgehead atoms. The van der Waals surface area contributed by atoms with E-state index >= 15 is 0 Å². The van der Waals surface area contributed by atoms with Gasteiger partial charge in [-0.2, -0.15) is 0 Å². The number of benzene rings is 2. The quantitative estimate of drug-likeness (QED) is 0.757. The van der Waals surface area contributed by atoms with E-state index in [1.165, 1.54) is 0 Å². The summed E-state index contributed by atoms with van der Waals surface area (Å²) in [5.41, 5.74) is 2.03. The Bertz CT molecular complexity index is 697. The smallest absolute Gasteiger partial charge is 0.170 e. The van der Waals surface area contributed by atoms with E-state index < -0.39 is 0 Å². The van der Waals surface area contributed by atoms with E-state index in [1.807, 2.05) is 60.7 Å². The van der Waals surface area contributed by atoms with Gasteiger partial charge in [-0.15, -0.1) is 5.10 Å². The zero-order chi connectivity index (χ0) is 15.2. The largest absolute Gasteiger partial charge is 0.395 e. The monoisotopic (exact) mass is 294 g/mol. The maximum atomic E-state index is 9.27. The molecule has 0 aliphatic rings. The van der Waals surface area contributed by atoms with Gasteiger partial charge in [0, 0.05) is 12.2 Å². The molecule has 5 nitrogen and oxygen atoms in total. The normalized spacial score (nSPS) is 10.6. The summed E-state index contributed by atoms with van der Waals surface area (Å²) >= 11 is 0. The number of para-hydroxylation sites is 2. The minimum Gasteiger partial charge on any atom is -0.395 e. The average Bonchev–Trinajstić information content (AvgIpc) is 3.05. The molecule has 0 radical (unpaired) electrons. The van der Waals surface area contributed by atoms with Crippen LogP contribution in [0, 0.1) is 0 Å². The van der Waals surface area contributed by atoms with Crippen molar-refractivity contribution >= 4 is 5.69 Å². The van der Waals surface area contributed by atoms with E-state index in [4.69, 9.17) is 0 Å². The molecule has 0 saturated carbocycles. The second kappa shape index (κ2) is 6.87. The molecule has 1 heterocycles. The maximum absolute atomic E-state index is 9.27. The zero-order valence-electron chi connectivity index (χ0n) is 12.2. The Morgan fingerprint density at radius 2 is 1.64 bits per heavy atom. The molecule has 0 aliphatic heterocycles. The Morgan fingerprint density at radius 3 is 2.32 bits per heavy atom. The number of aromatic nitrogens is 3. The highest BCUT2D eigenvalue weighted by Crippen LogP contribution is 2.15. The lowest BCUT2D eigenvalue weighted by Gasteiger charge is -2.22. The van der Waals surface area contributed by atoms with E-state index in [-0.39, 0.29) is 6.61 Å². The van der Waals surface area contributed by atoms with Gasteiger partial charge in [0.1, 0.15) is 6.33 Å². The van der Waals surface area contributed by atoms with Crippen LogP contribution in [0.3, 0.4) is 0 Å². The second-order valence-electron chi connectivity index (χ2n) is 4.92. The molecule has 0 atom stereocenters. The predicted octanol–water partition coefficient (Wildman–Crippen LogP) is 2.27. The highest BCUT2D eigenvalue weighted by molar-refractivity contribution is 5.46. The summed E-state index contributed by atoms with van der Waals surface area (Å²) in [6.45, 7) is 1.20. The summed E-state index contributed by atoms with van der Waals surface area (Å²) in [6, 6.07) is 19.9. The van der Waals surface area contributed by atoms with Crippen LogP contribution in [0.2, 0.25) is 0 Å². The van der Waals surface area contributed by atoms with Gasteiger partial charge in [-0.3, -0.25) is 0 Å². The Morgan fingerprint density at radius 1 is 0.955 bits per heavy atom. The van der Waals surface area contributed by atoms with Gasteiger partial charge in [0.2, 0.25) is 0 Å². The summed E-state index contributed by atoms with van der Waals surface area (Å²) in [4.78, 5) is 6.43. The van der Waals surface area contributed by atoms with E-state index in [0.29, 0.717) is 13.1 Å². The lowest BCUT2D eigenvalue weighted by atomic mass is 10.3. The summed E-state index contributed by atoms with van der Waals surface area (Å²) < 4.78 is 1.76. The maximum Gasteiger partial charge on any atom is 0.170 e. The van der Waals surface area contributed by atoms with Crippen LogP contribution in [0.25, 0.3) is 5.69 Å². The lowest BCUT2D eigenvalue weighted by molar-refractivity contribution is 0.301. The molecule has 0 amide bonds. The Kier molecular flexibility index (Phi) is 4.46. The van der Waals surface area contributed by atoms with E-state index in [1.54, 1.807) is 11.0 Å². The van der Waals surface area contributed by atoms with Crippen LogP contribution in [-0.2, 0) is 6.54 Å². The third kappa shape index (κ3) is 3.32. The minimum absolute atomic E-state index is 0.0916. The highest BCUT2D eigenvalue weighted by Gasteiger charge is 2.10. The van der Waals surface area contributed by atoms with Crippen LogP contribution < -0.4 is 4.90 Å². The number of hydrogen-bond acceptors (Lipinski definition) is 4. The van der Waals surface area contributed by atoms with Gasteiger partial charge in [-0.05, 0) is 24.3 Å². The third-order valence-electron chi connectivity index (χ3n) is 3.38. The standard InChI is InChI=1S/C17H18N4O/c22-12-11-20(15-7-3-1-4-8-15)13-17-18-14-21(19-17)16-9-5-2-6-10-16/h1-10,14,22H,11-13H2. The van der Waals surface area contributed by atoms with Gasteiger partial charge in [0.05, 0.1) is 18.8 Å². The number of nitrogens with zero attached hydrogens (tertiary/aromatic N) is 4. The van der Waals surface area contributed by atoms with Crippen molar-refractivity contribution in [2.45, 2.75) is 6.54 Å². The van der Waals surface area contributed by atoms with Gasteiger partial charge < -0.3 is 10.0 Å². The van der Waals surface area contributed by atoms with Crippen molar-refractivity contribution in [3.05, 3.63) is 72.8 Å². The molecule has 1 N–H and O–H groups in total. The van der Waals surface area contributed by atoms with Crippen molar-refractivity contribution in [1.82, 2.24) is 14.8 Å². The molecule has 3 rings (SSSR count). The molecule has 0 aliphatic carbocycles. The number of anilines is 1. The number of hydrogen-bond donors (Lipinski definition) is 1. The van der Waals surface area contributed by atoms with Crippen molar-refractivity contribution in [3.63, 3.8) is 0 Å². The number of aliphatic hydroxyl groups excluding tert-OH is 1. The average molecular weight is 294 g/mol. The molecule has 22 heavy (non-hydrogen) atoms. The lowest BCUT2D eigenvalue weighted by Crippen LogP contribution is -2.26. The highest BCUT2D eigenvalue weighted by atomic mass is 16.3. The van der Waals surface area contributed by atoms with Crippen molar-refractivity contribution in [3.8, 4) is 5.69 Å². The van der Waals surface area contributed by atoms with Crippen LogP contribution in [0.4, 0.5) is 5.69 Å². The van der Waals surface area contributed by atoms with Crippen LogP contribution in [0.5, 0.6) is 0 Å². The van der Waals surface area contributed by atoms with Crippen LogP contribution >= 0.6 is 0 Å². The molecule has 1 aromatic heterocycles. The molecule has 0 saturated heterocycles. The van der Waals surface area contributed by atoms with Gasteiger partial charge in [-0.1, -0.05) is 36.4 Å². The van der Waals surface area contributed by atoms with Gasteiger partial charge in [0.15, 0.2) is 5.82 Å². The molecule has 3 aromatic rings. The molecule has 0 fully saturated rings. The van der Waals surface area contributed by atoms with E-state index in [0.717, 1.165) is 17.2 Å². The first-order valence-corrected chi connectivity index (χ1v) is 7.23. The van der Waals surface area contributed by atoms with Crippen molar-refractivity contribution in [2.24, 2.45) is 0 Å². The fourth-order valence-corrected chi connectivity index (χ4v) is 2.30. The van der Waals surface area contributed by atoms with Crippen molar-refractivity contribution in [1.29, 1.82) is 0 Å². The first-order chi connectivity index (χ1) is 10.9. The van der Waals surface area contributed by atoms with Crippen LogP contribution in [0.1, 0.15) is 5.82 Å². The first-order valence-electron chi connectivity index (χ1n) is 7.23. The van der Waals surface area contributed by atoms with Gasteiger partial charge in [-0.25, -0.2) is 9.67 Å². The Hall–Kier alpha value is -2.66. The molecule has 5 heteroatoms. The number of aliphatic hydroxyl groups is 1. The van der Waals surface area contributed by atoms with Crippen molar-refractivity contribution < 1.29 is 5.11 Å². The zero-order valence-corrected chi connectivity index (χ0v) is 12.2. The third-order valence-corrected chi connectivity index (χ3v) is 3.38. The Balaban J connectivity index is 1.78. The summed E-state index contributed by atoms with van der Waals surface area (Å²) in [6.07, 6.45) is 1.72. The Labute approximate surface area is 129 Å². The summed E-state index contributed by atoms with van der Waals surface area (Å²) in [5, 5.41) is 13.8. The van der Waals surface area contributed by atoms with Crippen LogP contribution in [0.15, 0.2) is 67.0 Å². The van der Waals surface area contributed by atoms with Gasteiger partial charge in [0.25, 0.3) is 0 Å². The molecular weight excluding hydrogens is 276 g/mol. The fourth-order valence-electron chi connectivity index (χ4n) is 2.30. The second-order valence-corrected chi connectivity index (χ2v) is 4.92. The molecule has 112 valence electrons. The first kappa shape index (κ1) is 14.3. The number of rotatable bonds is 6. The molecule has 0 spiro atoms. The fraction of sp³-hybridized carbons (Fsp3) is 0.176. The summed E-state index contributed by atoms with van der Waals surface area (Å²) in [7, 11) is 0. The summed E-state index contributed by atoms with van der Waals surface area (Å²) in [5.74, 6) is 0.723. The molecule has 2 aromatic carbocycles. The molecule has 0 unspecified atom stereocenters. The van der Waals surface area contributed by atoms with Gasteiger partial charge >= 0.3 is 0 Å².